The average Bonchev–Trinajstić information content (AvgIpc) is 3.56. The van der Waals surface area contributed by atoms with Gasteiger partial charge >= 0.3 is 0 Å². The number of hydrogen-bond donors (Lipinski definition) is 6. The van der Waals surface area contributed by atoms with Crippen LogP contribution in [0.4, 0.5) is 22.7 Å². The zero-order valence-electron chi connectivity index (χ0n) is 23.3. The lowest BCUT2D eigenvalue weighted by atomic mass is 9.99. The van der Waals surface area contributed by atoms with E-state index in [0.717, 1.165) is 56.4 Å². The number of benzene rings is 3. The fourth-order valence-corrected chi connectivity index (χ4v) is 5.07. The highest BCUT2D eigenvalue weighted by Gasteiger charge is 2.20. The number of nitrogens with zero attached hydrogens (tertiary/aromatic N) is 2. The maximum absolute atomic E-state index is 12.2. The zero-order valence-corrected chi connectivity index (χ0v) is 23.3. The van der Waals surface area contributed by atoms with Gasteiger partial charge in [0.1, 0.15) is 0 Å². The molecule has 8 N–H and O–H groups in total. The molecule has 3 aromatic rings. The predicted octanol–water partition coefficient (Wildman–Crippen LogP) is 5.13. The molecule has 0 spiro atoms. The molecule has 0 aromatic heterocycles. The van der Waals surface area contributed by atoms with E-state index >= 15 is 0 Å². The molecule has 0 atom stereocenters. The van der Waals surface area contributed by atoms with Crippen LogP contribution in [0.15, 0.2) is 70.6 Å². The summed E-state index contributed by atoms with van der Waals surface area (Å²) in [6.07, 6.45) is 3.94. The maximum atomic E-state index is 12.2. The molecule has 2 aliphatic heterocycles. The van der Waals surface area contributed by atoms with Crippen molar-refractivity contribution in [1.82, 2.24) is 0 Å². The van der Waals surface area contributed by atoms with Crippen LogP contribution < -0.4 is 22.1 Å². The van der Waals surface area contributed by atoms with Gasteiger partial charge < -0.3 is 22.1 Å². The Bertz CT molecular complexity index is 1500. The fraction of sp³-hybridized carbons (Fsp3) is 0.250. The van der Waals surface area contributed by atoms with Crippen LogP contribution in [0.25, 0.3) is 0 Å². The number of anilines is 2. The van der Waals surface area contributed by atoms with E-state index in [-0.39, 0.29) is 23.5 Å². The van der Waals surface area contributed by atoms with Crippen LogP contribution in [-0.2, 0) is 22.4 Å². The Labute approximate surface area is 244 Å². The van der Waals surface area contributed by atoms with Crippen molar-refractivity contribution in [2.24, 2.45) is 21.5 Å². The van der Waals surface area contributed by atoms with Crippen LogP contribution in [0.3, 0.4) is 0 Å². The summed E-state index contributed by atoms with van der Waals surface area (Å²) in [5, 5.41) is 20.4. The summed E-state index contributed by atoms with van der Waals surface area (Å²) < 4.78 is 0. The summed E-state index contributed by atoms with van der Waals surface area (Å²) in [5.41, 5.74) is 20.2. The lowest BCUT2D eigenvalue weighted by Crippen LogP contribution is -2.14. The van der Waals surface area contributed by atoms with Crippen molar-refractivity contribution in [3.05, 3.63) is 82.9 Å². The first kappa shape index (κ1) is 28.4. The minimum absolute atomic E-state index is 0.0925. The van der Waals surface area contributed by atoms with Gasteiger partial charge in [0.25, 0.3) is 0 Å². The Morgan fingerprint density at radius 1 is 0.643 bits per heavy atom. The first-order valence-electron chi connectivity index (χ1n) is 14.0. The molecule has 0 unspecified atom stereocenters. The molecule has 214 valence electrons. The van der Waals surface area contributed by atoms with Gasteiger partial charge in [-0.1, -0.05) is 24.3 Å². The number of rotatable bonds is 12. The van der Waals surface area contributed by atoms with Crippen LogP contribution in [-0.4, -0.2) is 34.9 Å². The average molecular weight is 563 g/mol. The lowest BCUT2D eigenvalue weighted by molar-refractivity contribution is -0.117. The van der Waals surface area contributed by atoms with Crippen molar-refractivity contribution in [1.29, 1.82) is 10.8 Å². The van der Waals surface area contributed by atoms with Gasteiger partial charge in [0, 0.05) is 49.9 Å². The zero-order chi connectivity index (χ0) is 29.6. The summed E-state index contributed by atoms with van der Waals surface area (Å²) in [6, 6.07) is 19.8. The number of amides is 2. The van der Waals surface area contributed by atoms with E-state index in [9.17, 15) is 9.59 Å². The van der Waals surface area contributed by atoms with Crippen LogP contribution in [0.2, 0.25) is 0 Å². The second-order valence-corrected chi connectivity index (χ2v) is 10.6. The van der Waals surface area contributed by atoms with Crippen molar-refractivity contribution in [3.8, 4) is 0 Å². The van der Waals surface area contributed by atoms with Crippen LogP contribution >= 0.6 is 0 Å². The fourth-order valence-electron chi connectivity index (χ4n) is 5.07. The Hall–Kier alpha value is -5.12. The molecule has 42 heavy (non-hydrogen) atoms. The summed E-state index contributed by atoms with van der Waals surface area (Å²) in [7, 11) is 0. The van der Waals surface area contributed by atoms with E-state index in [1.165, 1.54) is 0 Å². The topological polar surface area (TPSA) is 183 Å². The number of amidine groups is 2. The molecule has 2 heterocycles. The number of carbonyl (C=O) groups excluding carboxylic acids is 2. The van der Waals surface area contributed by atoms with Crippen molar-refractivity contribution in [3.63, 3.8) is 0 Å². The molecular weight excluding hydrogens is 528 g/mol. The molecule has 2 amide bonds. The number of fused-ring (bicyclic) bond motifs is 2. The van der Waals surface area contributed by atoms with E-state index < -0.39 is 0 Å². The molecule has 5 rings (SSSR count). The number of nitrogens with one attached hydrogen (secondary N) is 4. The van der Waals surface area contributed by atoms with Crippen molar-refractivity contribution >= 4 is 57.7 Å². The number of carbonyl (C=O) groups is 2. The summed E-state index contributed by atoms with van der Waals surface area (Å²) in [5.74, 6) is -0.000162. The molecule has 10 nitrogen and oxygen atoms in total. The van der Waals surface area contributed by atoms with Gasteiger partial charge in [-0.15, -0.1) is 0 Å². The molecule has 0 bridgehead atoms. The highest BCUT2D eigenvalue weighted by molar-refractivity contribution is 6.10. The molecule has 0 radical (unpaired) electrons. The molecule has 0 saturated carbocycles. The SMILES string of the molecule is N=C(N)CCCC(=O)Nc1ccc2c(c1)CC(c1ccc(C3=Nc4ccc(NC(=O)CCCC(=N)N)cc4C3)cc1)=N2. The standard InChI is InChI=1S/C32H34N8O2/c33-29(34)3-1-5-31(41)37-23-11-13-25-21(15-23)17-27(39-25)19-7-9-20(10-8-19)28-18-22-16-24(12-14-26(22)40-28)38-32(42)6-2-4-30(35)36/h7-16H,1-6,17-18H2,(H3,33,34)(H3,35,36)(H,37,41)(H,38,42). The van der Waals surface area contributed by atoms with Gasteiger partial charge in [0.2, 0.25) is 11.8 Å². The Kier molecular flexibility index (Phi) is 8.52. The summed E-state index contributed by atoms with van der Waals surface area (Å²) in [4.78, 5) is 34.1. The highest BCUT2D eigenvalue weighted by atomic mass is 16.2. The summed E-state index contributed by atoms with van der Waals surface area (Å²) >= 11 is 0. The smallest absolute Gasteiger partial charge is 0.224 e. The van der Waals surface area contributed by atoms with Gasteiger partial charge in [-0.2, -0.15) is 0 Å². The van der Waals surface area contributed by atoms with Gasteiger partial charge in [-0.3, -0.25) is 30.4 Å². The quantitative estimate of drug-likeness (QED) is 0.132. The molecular formula is C32H34N8O2. The second kappa shape index (κ2) is 12.6. The first-order valence-corrected chi connectivity index (χ1v) is 14.0. The van der Waals surface area contributed by atoms with E-state index in [2.05, 4.69) is 34.9 Å². The molecule has 0 fully saturated rings. The summed E-state index contributed by atoms with van der Waals surface area (Å²) in [6.45, 7) is 0. The van der Waals surface area contributed by atoms with E-state index in [1.807, 2.05) is 36.4 Å². The maximum Gasteiger partial charge on any atom is 0.224 e. The third-order valence-corrected chi connectivity index (χ3v) is 7.20. The molecule has 10 heteroatoms. The van der Waals surface area contributed by atoms with Crippen molar-refractivity contribution < 1.29 is 9.59 Å². The van der Waals surface area contributed by atoms with Gasteiger partial charge in [0.05, 0.1) is 34.5 Å². The molecule has 3 aromatic carbocycles. The Balaban J connectivity index is 1.16. The molecule has 0 aliphatic carbocycles. The monoisotopic (exact) mass is 562 g/mol. The third kappa shape index (κ3) is 7.14. The third-order valence-electron chi connectivity index (χ3n) is 7.20. The highest BCUT2D eigenvalue weighted by Crippen LogP contribution is 2.33. The van der Waals surface area contributed by atoms with E-state index in [4.69, 9.17) is 32.3 Å². The largest absolute Gasteiger partial charge is 0.388 e. The number of hydrogen-bond acceptors (Lipinski definition) is 6. The Morgan fingerprint density at radius 2 is 1.05 bits per heavy atom. The molecule has 2 aliphatic rings. The number of nitrogens with two attached hydrogens (primary N) is 2. The predicted molar refractivity (Wildman–Crippen MR) is 168 cm³/mol. The second-order valence-electron chi connectivity index (χ2n) is 10.6. The number of aliphatic imine (C=N–C) groups is 2. The minimum atomic E-state index is -0.0926. The van der Waals surface area contributed by atoms with Crippen LogP contribution in [0.1, 0.15) is 60.8 Å². The van der Waals surface area contributed by atoms with Gasteiger partial charge in [-0.05, 0) is 71.5 Å². The minimum Gasteiger partial charge on any atom is -0.388 e. The van der Waals surface area contributed by atoms with E-state index in [1.54, 1.807) is 0 Å². The van der Waals surface area contributed by atoms with Gasteiger partial charge in [0.15, 0.2) is 0 Å². The van der Waals surface area contributed by atoms with Crippen molar-refractivity contribution in [2.75, 3.05) is 10.6 Å². The van der Waals surface area contributed by atoms with Gasteiger partial charge in [-0.25, -0.2) is 0 Å². The van der Waals surface area contributed by atoms with E-state index in [0.29, 0.717) is 51.4 Å². The van der Waals surface area contributed by atoms with Crippen LogP contribution in [0, 0.1) is 10.8 Å². The molecule has 0 saturated heterocycles. The lowest BCUT2D eigenvalue weighted by Gasteiger charge is -2.07. The van der Waals surface area contributed by atoms with Crippen molar-refractivity contribution in [2.45, 2.75) is 51.4 Å². The first-order chi connectivity index (χ1) is 20.2. The van der Waals surface area contributed by atoms with Crippen LogP contribution in [0.5, 0.6) is 0 Å². The normalized spacial score (nSPS) is 13.0. The Morgan fingerprint density at radius 3 is 1.43 bits per heavy atom.